The third-order valence-corrected chi connectivity index (χ3v) is 32.3. The van der Waals surface area contributed by atoms with Crippen molar-refractivity contribution in [2.24, 2.45) is 5.92 Å². The molecule has 8 atom stereocenters. The Kier molecular flexibility index (Phi) is 26.5. The fourth-order valence-electron chi connectivity index (χ4n) is 22.6. The van der Waals surface area contributed by atoms with Gasteiger partial charge in [0.25, 0.3) is 11.8 Å². The number of carbonyl (C=O) groups excluding carboxylic acids is 3. The van der Waals surface area contributed by atoms with Gasteiger partial charge in [0.1, 0.15) is 23.0 Å². The summed E-state index contributed by atoms with van der Waals surface area (Å²) in [5.74, 6) is 1.31. The second-order valence-corrected chi connectivity index (χ2v) is 40.5. The van der Waals surface area contributed by atoms with Gasteiger partial charge in [-0.05, 0) is 321 Å². The molecule has 18 nitrogen and oxygen atoms in total. The molecule has 129 heavy (non-hydrogen) atoms. The van der Waals surface area contributed by atoms with Gasteiger partial charge < -0.3 is 60.5 Å². The zero-order valence-corrected chi connectivity index (χ0v) is 77.6. The standard InChI is InChI=1S/C30H27ClN2O2.C26H27ClN2O3S.C25H30ClN3O2.C25H29ClN2O2/c1-33-15-14-19-16-25(31)28(34)17-24(19)29-22-9-5-11-26(21(22)12-13-27(29)33)32-30(35)23-10-4-7-18-6-2-3-8-20(18)23;1-29-12-11-19-13-23(27)25(30)15-22(19)26-21-14-20(9-7-18(21)8-10-24(26)29)33(31,32)28-16-17-5-3-2-4-6-17;1-27-10-12-29(13-11-27)25(31)19-5-3-4-18-17(19)6-7-22-24(18)20-15-23(30)21(26)14-16(20)8-9-28(22)2;1-28-11-10-17-13-21(26)23(29)14-20(17)24-19-8-7-18(12-16(19)6-9-22(24)28)27-25(30)15-4-2-3-5-15/h2-11,16-17,27,29,34H,12-15H2,1H3,(H,32,35);2-7,9,13-15,24,26,28,30H,8,10-12,16H2,1H3;3-5,14-15,22,24,30H,6-13H2,1-2H3;7-8,12-15,22,24,29H,2-6,9-11H2,1H3,(H,27,30)/t27-,29+;24-,26+;2*22-,24+/m0000/s1. The van der Waals surface area contributed by atoms with Gasteiger partial charge in [-0.2, -0.15) is 0 Å². The summed E-state index contributed by atoms with van der Waals surface area (Å²) in [6.45, 7) is 7.43. The number of nitrogens with zero attached hydrogens (tertiary/aromatic N) is 6. The number of aryl methyl sites for hydroxylation is 2. The number of amides is 3. The molecule has 0 radical (unpaired) electrons. The van der Waals surface area contributed by atoms with E-state index in [-0.39, 0.29) is 87.8 Å². The van der Waals surface area contributed by atoms with Crippen molar-refractivity contribution in [2.75, 3.05) is 98.2 Å². The third-order valence-electron chi connectivity index (χ3n) is 29.7. The molecule has 11 aromatic carbocycles. The van der Waals surface area contributed by atoms with Gasteiger partial charge in [0.15, 0.2) is 0 Å². The Bertz CT molecular complexity index is 6240. The first-order valence-electron chi connectivity index (χ1n) is 45.8. The van der Waals surface area contributed by atoms with Crippen molar-refractivity contribution in [2.45, 2.75) is 162 Å². The van der Waals surface area contributed by atoms with E-state index in [9.17, 15) is 43.2 Å². The van der Waals surface area contributed by atoms with E-state index in [0.29, 0.717) is 43.8 Å². The number of hydrogen-bond acceptors (Lipinski definition) is 14. The molecule has 5 heterocycles. The number of benzene rings is 11. The van der Waals surface area contributed by atoms with E-state index in [4.69, 9.17) is 46.4 Å². The minimum absolute atomic E-state index is 0.0244. The number of phenols is 4. The molecule has 23 heteroatoms. The summed E-state index contributed by atoms with van der Waals surface area (Å²) in [5, 5.41) is 51.5. The van der Waals surface area contributed by atoms with Crippen LogP contribution in [0, 0.1) is 5.92 Å². The number of likely N-dealkylation sites (N-methyl/N-ethyl adjacent to an activating group) is 5. The molecular weight excluding hydrogens is 1720 g/mol. The molecule has 10 aliphatic rings. The van der Waals surface area contributed by atoms with Crippen molar-refractivity contribution in [3.63, 3.8) is 0 Å². The fraction of sp³-hybridized carbons (Fsp3) is 0.368. The van der Waals surface area contributed by atoms with Crippen LogP contribution in [0.15, 0.2) is 199 Å². The number of halogens is 4. The van der Waals surface area contributed by atoms with Crippen molar-refractivity contribution in [1.29, 1.82) is 0 Å². The van der Waals surface area contributed by atoms with Crippen molar-refractivity contribution < 1.29 is 43.2 Å². The van der Waals surface area contributed by atoms with Crippen LogP contribution < -0.4 is 15.4 Å². The first-order chi connectivity index (χ1) is 62.3. The largest absolute Gasteiger partial charge is 0.506 e. The van der Waals surface area contributed by atoms with Gasteiger partial charge >= 0.3 is 0 Å². The van der Waals surface area contributed by atoms with Crippen LogP contribution in [0.25, 0.3) is 10.8 Å². The van der Waals surface area contributed by atoms with Gasteiger partial charge in [0.05, 0.1) is 25.0 Å². The smallest absolute Gasteiger partial charge is 0.256 e. The third kappa shape index (κ3) is 18.4. The van der Waals surface area contributed by atoms with Crippen LogP contribution in [0.3, 0.4) is 0 Å². The normalized spacial score (nSPS) is 21.9. The molecule has 7 N–H and O–H groups in total. The monoisotopic (exact) mass is 1830 g/mol. The average molecular weight is 1830 g/mol. The molecule has 670 valence electrons. The first-order valence-corrected chi connectivity index (χ1v) is 48.8. The molecule has 11 aromatic rings. The Morgan fingerprint density at radius 3 is 1.38 bits per heavy atom. The molecule has 0 aromatic heterocycles. The number of carbonyl (C=O) groups is 3. The van der Waals surface area contributed by atoms with E-state index in [1.54, 1.807) is 12.1 Å². The quantitative estimate of drug-likeness (QED) is 0.0715. The molecule has 5 aliphatic heterocycles. The van der Waals surface area contributed by atoms with Crippen molar-refractivity contribution >= 4 is 96.3 Å². The van der Waals surface area contributed by atoms with E-state index in [1.807, 2.05) is 157 Å². The Balaban J connectivity index is 0.000000116. The lowest BCUT2D eigenvalue weighted by Crippen LogP contribution is -2.47. The molecule has 0 bridgehead atoms. The molecule has 5 aliphatic carbocycles. The summed E-state index contributed by atoms with van der Waals surface area (Å²) >= 11 is 25.0. The number of sulfonamides is 1. The number of phenolic OH excluding ortho intramolecular Hbond substituents is 4. The molecule has 0 unspecified atom stereocenters. The molecule has 21 rings (SSSR count). The van der Waals surface area contributed by atoms with Gasteiger partial charge in [0.2, 0.25) is 15.9 Å². The minimum Gasteiger partial charge on any atom is -0.506 e. The summed E-state index contributed by atoms with van der Waals surface area (Å²) in [7, 11) is 7.12. The molecule has 3 amide bonds. The molecule has 0 spiro atoms. The summed E-state index contributed by atoms with van der Waals surface area (Å²) in [6.07, 6.45) is 15.7. The predicted octanol–water partition coefficient (Wildman–Crippen LogP) is 19.3. The van der Waals surface area contributed by atoms with Gasteiger partial charge in [-0.3, -0.25) is 14.4 Å². The molecule has 1 saturated heterocycles. The average Bonchev–Trinajstić information content (AvgIpc) is 1.75. The van der Waals surface area contributed by atoms with Crippen molar-refractivity contribution in [3.8, 4) is 23.0 Å². The highest BCUT2D eigenvalue weighted by Crippen LogP contribution is 2.52. The number of hydrogen-bond donors (Lipinski definition) is 7. The fourth-order valence-corrected chi connectivity index (χ4v) is 24.4. The zero-order valence-electron chi connectivity index (χ0n) is 73.8. The number of anilines is 2. The van der Waals surface area contributed by atoms with Crippen LogP contribution >= 0.6 is 46.4 Å². The molecule has 2 fully saturated rings. The maximum Gasteiger partial charge on any atom is 0.256 e. The van der Waals surface area contributed by atoms with Crippen molar-refractivity contribution in [1.82, 2.24) is 34.1 Å². The van der Waals surface area contributed by atoms with Crippen LogP contribution in [-0.4, -0.2) is 188 Å². The lowest BCUT2D eigenvalue weighted by atomic mass is 9.73. The van der Waals surface area contributed by atoms with Gasteiger partial charge in [-0.1, -0.05) is 162 Å². The van der Waals surface area contributed by atoms with E-state index >= 15 is 0 Å². The van der Waals surface area contributed by atoms with Gasteiger partial charge in [-0.15, -0.1) is 0 Å². The second-order valence-electron chi connectivity index (χ2n) is 37.1. The molecular formula is C106H113Cl4N9O9S. The number of fused-ring (bicyclic) bond motifs is 21. The minimum atomic E-state index is -3.68. The van der Waals surface area contributed by atoms with Crippen LogP contribution in [0.2, 0.25) is 20.1 Å². The van der Waals surface area contributed by atoms with E-state index in [2.05, 4.69) is 105 Å². The van der Waals surface area contributed by atoms with Gasteiger partial charge in [-0.25, -0.2) is 13.1 Å². The highest BCUT2D eigenvalue weighted by molar-refractivity contribution is 7.89. The van der Waals surface area contributed by atoms with Crippen LogP contribution in [0.4, 0.5) is 11.4 Å². The summed E-state index contributed by atoms with van der Waals surface area (Å²) < 4.78 is 29.0. The highest BCUT2D eigenvalue weighted by atomic mass is 35.5. The van der Waals surface area contributed by atoms with Crippen LogP contribution in [0.5, 0.6) is 23.0 Å². The summed E-state index contributed by atoms with van der Waals surface area (Å²) in [5.41, 5.74) is 23.1. The lowest BCUT2D eigenvalue weighted by molar-refractivity contribution is -0.119. The number of aromatic hydroxyl groups is 4. The van der Waals surface area contributed by atoms with E-state index in [1.165, 1.54) is 55.6 Å². The zero-order chi connectivity index (χ0) is 89.8. The maximum atomic E-state index is 13.5. The van der Waals surface area contributed by atoms with E-state index < -0.39 is 10.0 Å². The van der Waals surface area contributed by atoms with Crippen molar-refractivity contribution in [3.05, 3.63) is 320 Å². The van der Waals surface area contributed by atoms with Gasteiger partial charge in [0, 0.05) is 135 Å². The van der Waals surface area contributed by atoms with Crippen LogP contribution in [0.1, 0.15) is 190 Å². The highest BCUT2D eigenvalue weighted by Gasteiger charge is 2.44. The number of piperazine rings is 1. The SMILES string of the molecule is CN1CCN(C(=O)c2cccc3c2CC[C@H]2[C@H]3c3cc(O)c(Cl)cc3CCN2C)CC1.CN1CCc2cc(Cl)c(O)cc2[C@H]2c3cc(S(=O)(=O)NCc4ccccc4)ccc3CC[C@@H]21.CN1CCc2cc(Cl)c(O)cc2[C@H]2c3ccc(NC(=O)C4CCCC4)cc3CC[C@@H]21.CN1CCc2cc(Cl)c(O)cc2[C@H]2c3cccc(NC(=O)c4cccc5ccccc45)c3CC[C@@H]21. The second kappa shape index (κ2) is 38.2. The topological polar surface area (TPSA) is 222 Å². The first kappa shape index (κ1) is 89.7. The van der Waals surface area contributed by atoms with E-state index in [0.717, 1.165) is 222 Å². The molecule has 1 saturated carbocycles. The summed E-state index contributed by atoms with van der Waals surface area (Å²) in [6, 6.07) is 63.9. The number of rotatable bonds is 9. The Hall–Kier alpha value is -9.84. The summed E-state index contributed by atoms with van der Waals surface area (Å²) in [4.78, 5) is 53.7. The number of nitrogens with one attached hydrogen (secondary N) is 3. The predicted molar refractivity (Wildman–Crippen MR) is 516 cm³/mol. The van der Waals surface area contributed by atoms with Crippen LogP contribution in [-0.2, 0) is 72.7 Å². The maximum absolute atomic E-state index is 13.5. The Morgan fingerprint density at radius 2 is 0.829 bits per heavy atom. The Morgan fingerprint density at radius 1 is 0.388 bits per heavy atom. The lowest BCUT2D eigenvalue weighted by Gasteiger charge is -2.39. The Labute approximate surface area is 777 Å².